The van der Waals surface area contributed by atoms with Crippen LogP contribution in [-0.2, 0) is 22.6 Å². The molecule has 1 heterocycles. The summed E-state index contributed by atoms with van der Waals surface area (Å²) in [6.45, 7) is 1.09. The molecule has 2 aromatic carbocycles. The van der Waals surface area contributed by atoms with Gasteiger partial charge in [0.05, 0.1) is 6.07 Å². The summed E-state index contributed by atoms with van der Waals surface area (Å²) in [5, 5.41) is 13.9. The van der Waals surface area contributed by atoms with Gasteiger partial charge < -0.3 is 20.3 Å². The lowest BCUT2D eigenvalue weighted by molar-refractivity contribution is -0.122. The zero-order valence-electron chi connectivity index (χ0n) is 16.1. The van der Waals surface area contributed by atoms with E-state index in [2.05, 4.69) is 21.6 Å². The first-order chi connectivity index (χ1) is 14.2. The Bertz CT molecular complexity index is 879. The van der Waals surface area contributed by atoms with Gasteiger partial charge >= 0.3 is 6.09 Å². The lowest BCUT2D eigenvalue weighted by Gasteiger charge is -2.33. The van der Waals surface area contributed by atoms with Crippen molar-refractivity contribution in [3.05, 3.63) is 65.7 Å². The Morgan fingerprint density at radius 1 is 1.14 bits per heavy atom. The van der Waals surface area contributed by atoms with Crippen LogP contribution in [0.5, 0.6) is 0 Å². The minimum Gasteiger partial charge on any atom is -0.445 e. The topological polar surface area (TPSA) is 94.5 Å². The Balaban J connectivity index is 1.66. The second-order valence-corrected chi connectivity index (χ2v) is 6.81. The fourth-order valence-corrected chi connectivity index (χ4v) is 3.37. The number of carbonyl (C=O) groups is 2. The number of nitriles is 1. The molecule has 2 amide bonds. The summed E-state index contributed by atoms with van der Waals surface area (Å²) in [4.78, 5) is 26.9. The molecule has 1 atom stereocenters. The lowest BCUT2D eigenvalue weighted by atomic mass is 10.0. The number of nitrogens with zero attached hydrogens (tertiary/aromatic N) is 2. The Kier molecular flexibility index (Phi) is 7.06. The average molecular weight is 392 g/mol. The van der Waals surface area contributed by atoms with Crippen LogP contribution in [0.3, 0.4) is 0 Å². The van der Waals surface area contributed by atoms with E-state index in [-0.39, 0.29) is 13.2 Å². The molecule has 150 valence electrons. The highest BCUT2D eigenvalue weighted by Gasteiger charge is 2.26. The molecule has 0 aromatic heterocycles. The maximum atomic E-state index is 12.5. The van der Waals surface area contributed by atoms with Gasteiger partial charge in [0.15, 0.2) is 0 Å². The second-order valence-electron chi connectivity index (χ2n) is 6.81. The van der Waals surface area contributed by atoms with Crippen LogP contribution in [0, 0.1) is 11.3 Å². The smallest absolute Gasteiger partial charge is 0.408 e. The molecule has 0 unspecified atom stereocenters. The highest BCUT2D eigenvalue weighted by molar-refractivity contribution is 5.86. The fraction of sp³-hybridized carbons (Fsp3) is 0.318. The first-order valence-electron chi connectivity index (χ1n) is 9.62. The van der Waals surface area contributed by atoms with Gasteiger partial charge in [0.2, 0.25) is 5.91 Å². The minimum atomic E-state index is -0.835. The van der Waals surface area contributed by atoms with Crippen LogP contribution in [0.25, 0.3) is 0 Å². The normalized spacial score (nSPS) is 13.6. The predicted molar refractivity (Wildman–Crippen MR) is 109 cm³/mol. The Hall–Kier alpha value is -3.53. The molecule has 7 heteroatoms. The summed E-state index contributed by atoms with van der Waals surface area (Å²) in [6, 6.07) is 18.4. The van der Waals surface area contributed by atoms with Crippen LogP contribution in [0.2, 0.25) is 0 Å². The SMILES string of the molecule is N#CCNC(=O)[C@H](CN1CCCc2ccccc21)NC(=O)OCc1ccccc1. The number of hydrogen-bond acceptors (Lipinski definition) is 5. The third kappa shape index (κ3) is 5.72. The molecule has 1 aliphatic rings. The summed E-state index contributed by atoms with van der Waals surface area (Å²) in [5.74, 6) is -0.411. The molecule has 0 saturated carbocycles. The number of rotatable bonds is 7. The molecule has 29 heavy (non-hydrogen) atoms. The van der Waals surface area contributed by atoms with Crippen molar-refractivity contribution in [2.45, 2.75) is 25.5 Å². The van der Waals surface area contributed by atoms with E-state index < -0.39 is 18.0 Å². The second kappa shape index (κ2) is 10.1. The quantitative estimate of drug-likeness (QED) is 0.706. The number of fused-ring (bicyclic) bond motifs is 1. The molecule has 1 aliphatic heterocycles. The Labute approximate surface area is 170 Å². The van der Waals surface area contributed by atoms with Crippen molar-refractivity contribution in [1.29, 1.82) is 5.26 Å². The summed E-state index contributed by atoms with van der Waals surface area (Å²) < 4.78 is 5.26. The molecule has 2 aromatic rings. The van der Waals surface area contributed by atoms with E-state index in [0.717, 1.165) is 30.6 Å². The molecule has 3 rings (SSSR count). The first kappa shape index (κ1) is 20.2. The molecule has 0 fully saturated rings. The number of aryl methyl sites for hydroxylation is 1. The van der Waals surface area contributed by atoms with Crippen molar-refractivity contribution in [3.8, 4) is 6.07 Å². The van der Waals surface area contributed by atoms with E-state index >= 15 is 0 Å². The number of para-hydroxylation sites is 1. The van der Waals surface area contributed by atoms with Crippen molar-refractivity contribution >= 4 is 17.7 Å². The van der Waals surface area contributed by atoms with Crippen LogP contribution < -0.4 is 15.5 Å². The minimum absolute atomic E-state index is 0.117. The van der Waals surface area contributed by atoms with Gasteiger partial charge in [0.25, 0.3) is 0 Å². The first-order valence-corrected chi connectivity index (χ1v) is 9.62. The maximum absolute atomic E-state index is 12.5. The van der Waals surface area contributed by atoms with Crippen LogP contribution >= 0.6 is 0 Å². The summed E-state index contributed by atoms with van der Waals surface area (Å²) in [7, 11) is 0. The van der Waals surface area contributed by atoms with Crippen molar-refractivity contribution in [3.63, 3.8) is 0 Å². The van der Waals surface area contributed by atoms with E-state index in [4.69, 9.17) is 10.00 Å². The van der Waals surface area contributed by atoms with Crippen molar-refractivity contribution in [1.82, 2.24) is 10.6 Å². The molecule has 0 radical (unpaired) electrons. The lowest BCUT2D eigenvalue weighted by Crippen LogP contribution is -2.53. The van der Waals surface area contributed by atoms with Crippen molar-refractivity contribution in [2.24, 2.45) is 0 Å². The van der Waals surface area contributed by atoms with E-state index in [1.807, 2.05) is 54.6 Å². The van der Waals surface area contributed by atoms with Gasteiger partial charge in [-0.1, -0.05) is 48.5 Å². The molecule has 0 saturated heterocycles. The summed E-state index contributed by atoms with van der Waals surface area (Å²) in [5.41, 5.74) is 3.15. The monoisotopic (exact) mass is 392 g/mol. The molecular weight excluding hydrogens is 368 g/mol. The van der Waals surface area contributed by atoms with E-state index in [9.17, 15) is 9.59 Å². The standard InChI is InChI=1S/C22H24N4O3/c23-12-13-24-21(27)19(25-22(28)29-16-17-7-2-1-3-8-17)15-26-14-6-10-18-9-4-5-11-20(18)26/h1-5,7-9,11,19H,6,10,13-16H2,(H,24,27)(H,25,28)/t19-/m0/s1. The number of ether oxygens (including phenoxy) is 1. The number of carbonyl (C=O) groups excluding carboxylic acids is 2. The highest BCUT2D eigenvalue weighted by atomic mass is 16.5. The van der Waals surface area contributed by atoms with E-state index in [1.165, 1.54) is 5.56 Å². The number of alkyl carbamates (subject to hydrolysis) is 1. The highest BCUT2D eigenvalue weighted by Crippen LogP contribution is 2.26. The van der Waals surface area contributed by atoms with Gasteiger partial charge in [-0.25, -0.2) is 4.79 Å². The van der Waals surface area contributed by atoms with Crippen LogP contribution in [0.15, 0.2) is 54.6 Å². The number of hydrogen-bond donors (Lipinski definition) is 2. The maximum Gasteiger partial charge on any atom is 0.408 e. The van der Waals surface area contributed by atoms with Crippen LogP contribution in [-0.4, -0.2) is 37.7 Å². The van der Waals surface area contributed by atoms with E-state index in [1.54, 1.807) is 0 Å². The van der Waals surface area contributed by atoms with Gasteiger partial charge in [-0.05, 0) is 30.0 Å². The van der Waals surface area contributed by atoms with Gasteiger partial charge in [-0.3, -0.25) is 4.79 Å². The average Bonchev–Trinajstić information content (AvgIpc) is 2.76. The summed E-state index contributed by atoms with van der Waals surface area (Å²) in [6.07, 6.45) is 1.29. The molecular formula is C22H24N4O3. The fourth-order valence-electron chi connectivity index (χ4n) is 3.37. The number of nitrogens with one attached hydrogen (secondary N) is 2. The molecule has 0 spiro atoms. The number of benzene rings is 2. The zero-order chi connectivity index (χ0) is 20.5. The molecule has 2 N–H and O–H groups in total. The van der Waals surface area contributed by atoms with E-state index in [0.29, 0.717) is 6.54 Å². The van der Waals surface area contributed by atoms with Gasteiger partial charge in [0, 0.05) is 18.8 Å². The molecule has 0 aliphatic carbocycles. The third-order valence-electron chi connectivity index (χ3n) is 4.77. The Morgan fingerprint density at radius 2 is 1.90 bits per heavy atom. The van der Waals surface area contributed by atoms with Crippen molar-refractivity contribution < 1.29 is 14.3 Å². The predicted octanol–water partition coefficient (Wildman–Crippen LogP) is 2.37. The van der Waals surface area contributed by atoms with Crippen LogP contribution in [0.1, 0.15) is 17.5 Å². The largest absolute Gasteiger partial charge is 0.445 e. The van der Waals surface area contributed by atoms with Gasteiger partial charge in [-0.2, -0.15) is 5.26 Å². The zero-order valence-corrected chi connectivity index (χ0v) is 16.1. The van der Waals surface area contributed by atoms with Crippen LogP contribution in [0.4, 0.5) is 10.5 Å². The third-order valence-corrected chi connectivity index (χ3v) is 4.77. The number of anilines is 1. The Morgan fingerprint density at radius 3 is 2.69 bits per heavy atom. The van der Waals surface area contributed by atoms with Gasteiger partial charge in [-0.15, -0.1) is 0 Å². The molecule has 0 bridgehead atoms. The van der Waals surface area contributed by atoms with Crippen molar-refractivity contribution in [2.75, 3.05) is 24.5 Å². The number of amides is 2. The summed E-state index contributed by atoms with van der Waals surface area (Å²) >= 11 is 0. The molecule has 7 nitrogen and oxygen atoms in total. The van der Waals surface area contributed by atoms with Gasteiger partial charge in [0.1, 0.15) is 19.2 Å².